The average Bonchev–Trinajstić information content (AvgIpc) is 3.39. The third-order valence-corrected chi connectivity index (χ3v) is 6.52. The number of thiophene rings is 1. The van der Waals surface area contributed by atoms with Crippen LogP contribution in [0.3, 0.4) is 0 Å². The number of nitrogens with zero attached hydrogens (tertiary/aromatic N) is 2. The van der Waals surface area contributed by atoms with Crippen molar-refractivity contribution >= 4 is 29.1 Å². The Kier molecular flexibility index (Phi) is 5.94. The Balaban J connectivity index is 1.25. The number of benzene rings is 1. The second-order valence-corrected chi connectivity index (χ2v) is 8.66. The van der Waals surface area contributed by atoms with Gasteiger partial charge in [-0.05, 0) is 29.9 Å². The van der Waals surface area contributed by atoms with Gasteiger partial charge in [0.25, 0.3) is 5.91 Å². The molecular formula is C22H25N3O3S. The van der Waals surface area contributed by atoms with Crippen molar-refractivity contribution < 1.29 is 14.4 Å². The smallest absolute Gasteiger partial charge is 0.263 e. The van der Waals surface area contributed by atoms with Gasteiger partial charge in [0.2, 0.25) is 11.8 Å². The molecule has 152 valence electrons. The van der Waals surface area contributed by atoms with Gasteiger partial charge in [-0.25, -0.2) is 0 Å². The topological polar surface area (TPSA) is 69.7 Å². The van der Waals surface area contributed by atoms with Crippen molar-refractivity contribution in [3.05, 3.63) is 58.3 Å². The van der Waals surface area contributed by atoms with Gasteiger partial charge >= 0.3 is 0 Å². The van der Waals surface area contributed by atoms with Crippen molar-refractivity contribution in [3.63, 3.8) is 0 Å². The van der Waals surface area contributed by atoms with E-state index < -0.39 is 0 Å². The van der Waals surface area contributed by atoms with Crippen molar-refractivity contribution in [1.29, 1.82) is 0 Å². The Morgan fingerprint density at radius 2 is 1.83 bits per heavy atom. The molecule has 1 atom stereocenters. The third-order valence-electron chi connectivity index (χ3n) is 5.66. The van der Waals surface area contributed by atoms with Crippen LogP contribution < -0.4 is 5.32 Å². The lowest BCUT2D eigenvalue weighted by molar-refractivity contribution is -0.129. The molecule has 0 saturated carbocycles. The summed E-state index contributed by atoms with van der Waals surface area (Å²) in [6.45, 7) is 2.30. The first kappa shape index (κ1) is 19.6. The Bertz CT molecular complexity index is 861. The summed E-state index contributed by atoms with van der Waals surface area (Å²) in [5.41, 5.74) is 1.07. The maximum absolute atomic E-state index is 12.7. The lowest BCUT2D eigenvalue weighted by Gasteiger charge is -2.32. The van der Waals surface area contributed by atoms with Crippen molar-refractivity contribution in [2.75, 3.05) is 19.6 Å². The molecule has 0 spiro atoms. The molecule has 0 aliphatic carbocycles. The van der Waals surface area contributed by atoms with Crippen LogP contribution in [0.1, 0.15) is 34.5 Å². The number of likely N-dealkylation sites (tertiary alicyclic amines) is 2. The normalized spacial score (nSPS) is 20.1. The van der Waals surface area contributed by atoms with E-state index in [2.05, 4.69) is 5.32 Å². The maximum atomic E-state index is 12.7. The van der Waals surface area contributed by atoms with Crippen molar-refractivity contribution in [2.24, 2.45) is 5.92 Å². The van der Waals surface area contributed by atoms with E-state index >= 15 is 0 Å². The van der Waals surface area contributed by atoms with E-state index in [0.29, 0.717) is 26.2 Å². The molecule has 1 aromatic carbocycles. The van der Waals surface area contributed by atoms with Crippen molar-refractivity contribution in [3.8, 4) is 0 Å². The lowest BCUT2D eigenvalue weighted by atomic mass is 10.0. The number of nitrogens with one attached hydrogen (secondary N) is 1. The highest BCUT2D eigenvalue weighted by Gasteiger charge is 2.35. The predicted octanol–water partition coefficient (Wildman–Crippen LogP) is 2.52. The van der Waals surface area contributed by atoms with E-state index in [9.17, 15) is 14.4 Å². The minimum absolute atomic E-state index is 0.0327. The summed E-state index contributed by atoms with van der Waals surface area (Å²) in [6, 6.07) is 13.6. The SMILES string of the molecule is O=C(NC1CCN(C(=O)c2cccs2)CC1)C1CC(=O)N(Cc2ccccc2)C1. The summed E-state index contributed by atoms with van der Waals surface area (Å²) >= 11 is 1.46. The number of amides is 3. The molecule has 4 rings (SSSR count). The van der Waals surface area contributed by atoms with Gasteiger partial charge in [0, 0.05) is 38.6 Å². The number of hydrogen-bond acceptors (Lipinski definition) is 4. The standard InChI is InChI=1S/C22H25N3O3S/c26-20-13-17(15-25(20)14-16-5-2-1-3-6-16)21(27)23-18-8-10-24(11-9-18)22(28)19-7-4-12-29-19/h1-7,12,17-18H,8-11,13-15H2,(H,23,27). The second-order valence-electron chi connectivity index (χ2n) is 7.71. The van der Waals surface area contributed by atoms with Crippen LogP contribution in [-0.2, 0) is 16.1 Å². The minimum Gasteiger partial charge on any atom is -0.353 e. The van der Waals surface area contributed by atoms with Crippen LogP contribution in [0.4, 0.5) is 0 Å². The fraction of sp³-hybridized carbons (Fsp3) is 0.409. The van der Waals surface area contributed by atoms with Crippen LogP contribution in [-0.4, -0.2) is 53.2 Å². The quantitative estimate of drug-likeness (QED) is 0.822. The van der Waals surface area contributed by atoms with Crippen LogP contribution in [0.25, 0.3) is 0 Å². The molecule has 2 saturated heterocycles. The Morgan fingerprint density at radius 3 is 2.52 bits per heavy atom. The molecule has 3 heterocycles. The average molecular weight is 412 g/mol. The summed E-state index contributed by atoms with van der Waals surface area (Å²) in [5, 5.41) is 5.01. The molecule has 29 heavy (non-hydrogen) atoms. The molecule has 0 radical (unpaired) electrons. The lowest BCUT2D eigenvalue weighted by Crippen LogP contribution is -2.48. The zero-order valence-corrected chi connectivity index (χ0v) is 17.1. The summed E-state index contributed by atoms with van der Waals surface area (Å²) in [5.74, 6) is -0.234. The van der Waals surface area contributed by atoms with Gasteiger partial charge < -0.3 is 15.1 Å². The molecule has 6 nitrogen and oxygen atoms in total. The predicted molar refractivity (Wildman–Crippen MR) is 111 cm³/mol. The van der Waals surface area contributed by atoms with E-state index in [1.54, 1.807) is 4.90 Å². The largest absolute Gasteiger partial charge is 0.353 e. The van der Waals surface area contributed by atoms with E-state index in [0.717, 1.165) is 23.3 Å². The fourth-order valence-corrected chi connectivity index (χ4v) is 4.70. The molecule has 7 heteroatoms. The number of piperidine rings is 1. The van der Waals surface area contributed by atoms with Crippen LogP contribution >= 0.6 is 11.3 Å². The second kappa shape index (κ2) is 8.78. The van der Waals surface area contributed by atoms with E-state index in [1.807, 2.05) is 52.7 Å². The van der Waals surface area contributed by atoms with Gasteiger partial charge in [0.1, 0.15) is 0 Å². The summed E-state index contributed by atoms with van der Waals surface area (Å²) in [7, 11) is 0. The highest BCUT2D eigenvalue weighted by atomic mass is 32.1. The van der Waals surface area contributed by atoms with Crippen LogP contribution in [0.5, 0.6) is 0 Å². The van der Waals surface area contributed by atoms with E-state index in [-0.39, 0.29) is 36.1 Å². The van der Waals surface area contributed by atoms with Gasteiger partial charge in [-0.15, -0.1) is 11.3 Å². The zero-order valence-electron chi connectivity index (χ0n) is 16.3. The molecule has 2 aromatic rings. The van der Waals surface area contributed by atoms with Gasteiger partial charge in [-0.1, -0.05) is 36.4 Å². The highest BCUT2D eigenvalue weighted by molar-refractivity contribution is 7.12. The number of hydrogen-bond donors (Lipinski definition) is 1. The summed E-state index contributed by atoms with van der Waals surface area (Å²) in [4.78, 5) is 41.8. The summed E-state index contributed by atoms with van der Waals surface area (Å²) in [6.07, 6.45) is 1.77. The molecule has 1 N–H and O–H groups in total. The van der Waals surface area contributed by atoms with E-state index in [4.69, 9.17) is 0 Å². The third kappa shape index (κ3) is 4.67. The first-order valence-electron chi connectivity index (χ1n) is 10.0. The Morgan fingerprint density at radius 1 is 1.07 bits per heavy atom. The van der Waals surface area contributed by atoms with Crippen molar-refractivity contribution in [2.45, 2.75) is 31.8 Å². The van der Waals surface area contributed by atoms with Crippen LogP contribution in [0, 0.1) is 5.92 Å². The molecule has 2 aliphatic rings. The van der Waals surface area contributed by atoms with E-state index in [1.165, 1.54) is 11.3 Å². The molecule has 1 aromatic heterocycles. The van der Waals surface area contributed by atoms with Crippen LogP contribution in [0.15, 0.2) is 47.8 Å². The first-order chi connectivity index (χ1) is 14.1. The molecule has 1 unspecified atom stereocenters. The van der Waals surface area contributed by atoms with Crippen molar-refractivity contribution in [1.82, 2.24) is 15.1 Å². The van der Waals surface area contributed by atoms with Gasteiger partial charge in [-0.3, -0.25) is 14.4 Å². The Hall–Kier alpha value is -2.67. The van der Waals surface area contributed by atoms with Gasteiger partial charge in [0.15, 0.2) is 0 Å². The fourth-order valence-electron chi connectivity index (χ4n) is 4.01. The first-order valence-corrected chi connectivity index (χ1v) is 10.9. The molecule has 2 aliphatic heterocycles. The van der Waals surface area contributed by atoms with Gasteiger partial charge in [-0.2, -0.15) is 0 Å². The number of carbonyl (C=O) groups is 3. The molecule has 3 amide bonds. The van der Waals surface area contributed by atoms with Crippen LogP contribution in [0.2, 0.25) is 0 Å². The monoisotopic (exact) mass is 411 g/mol. The molecule has 2 fully saturated rings. The minimum atomic E-state index is -0.294. The number of carbonyl (C=O) groups excluding carboxylic acids is 3. The Labute approximate surface area is 174 Å². The molecular weight excluding hydrogens is 386 g/mol. The maximum Gasteiger partial charge on any atom is 0.263 e. The zero-order chi connectivity index (χ0) is 20.2. The summed E-state index contributed by atoms with van der Waals surface area (Å²) < 4.78 is 0. The highest BCUT2D eigenvalue weighted by Crippen LogP contribution is 2.22. The molecule has 0 bridgehead atoms. The number of rotatable bonds is 5. The van der Waals surface area contributed by atoms with Gasteiger partial charge in [0.05, 0.1) is 10.8 Å².